The molecule has 0 fully saturated rings. The summed E-state index contributed by atoms with van der Waals surface area (Å²) < 4.78 is 13.0. The molecule has 1 amide bonds. The molecule has 3 rings (SSSR count). The maximum atomic E-state index is 12.9. The van der Waals surface area contributed by atoms with Crippen LogP contribution >= 0.6 is 0 Å². The van der Waals surface area contributed by atoms with Gasteiger partial charge in [-0.2, -0.15) is 4.98 Å². The molecule has 160 valence electrons. The van der Waals surface area contributed by atoms with Crippen molar-refractivity contribution < 1.29 is 14.3 Å². The zero-order valence-electron chi connectivity index (χ0n) is 18.4. The van der Waals surface area contributed by atoms with Crippen LogP contribution in [0.1, 0.15) is 61.3 Å². The SMILES string of the molecule is CCOc1ccc(C(NC(=O)c2nc3nc(C)cc(C)n3n2)C(C)C)cc1OCC. The van der Waals surface area contributed by atoms with Crippen molar-refractivity contribution in [3.63, 3.8) is 0 Å². The van der Waals surface area contributed by atoms with Crippen LogP contribution in [0.25, 0.3) is 5.78 Å². The highest BCUT2D eigenvalue weighted by atomic mass is 16.5. The third-order valence-corrected chi connectivity index (χ3v) is 4.70. The average molecular weight is 412 g/mol. The van der Waals surface area contributed by atoms with Gasteiger partial charge in [-0.15, -0.1) is 5.10 Å². The Labute approximate surface area is 176 Å². The molecule has 0 bridgehead atoms. The molecule has 8 nitrogen and oxygen atoms in total. The molecule has 0 saturated carbocycles. The number of aromatic nitrogens is 4. The van der Waals surface area contributed by atoms with Crippen molar-refractivity contribution in [3.05, 3.63) is 47.0 Å². The molecule has 8 heteroatoms. The van der Waals surface area contributed by atoms with Crippen molar-refractivity contribution in [1.82, 2.24) is 24.9 Å². The monoisotopic (exact) mass is 411 g/mol. The van der Waals surface area contributed by atoms with Crippen molar-refractivity contribution >= 4 is 11.7 Å². The van der Waals surface area contributed by atoms with Crippen LogP contribution in [-0.2, 0) is 0 Å². The predicted molar refractivity (Wildman–Crippen MR) is 114 cm³/mol. The fraction of sp³-hybridized carbons (Fsp3) is 0.455. The second-order valence-electron chi connectivity index (χ2n) is 7.45. The first-order valence-corrected chi connectivity index (χ1v) is 10.2. The number of carbonyl (C=O) groups excluding carboxylic acids is 1. The largest absolute Gasteiger partial charge is 0.490 e. The number of nitrogens with zero attached hydrogens (tertiary/aromatic N) is 4. The van der Waals surface area contributed by atoms with Crippen molar-refractivity contribution in [1.29, 1.82) is 0 Å². The first-order valence-electron chi connectivity index (χ1n) is 10.2. The van der Waals surface area contributed by atoms with E-state index in [4.69, 9.17) is 9.47 Å². The summed E-state index contributed by atoms with van der Waals surface area (Å²) in [6.45, 7) is 12.8. The Balaban J connectivity index is 1.89. The van der Waals surface area contributed by atoms with Gasteiger partial charge in [-0.1, -0.05) is 19.9 Å². The highest BCUT2D eigenvalue weighted by Crippen LogP contribution is 2.33. The van der Waals surface area contributed by atoms with Crippen LogP contribution in [0.4, 0.5) is 0 Å². The standard InChI is InChI=1S/C22H29N5O3/c1-7-29-17-10-9-16(12-18(17)30-8-2)19(13(3)4)24-21(28)20-25-22-23-14(5)11-15(6)27(22)26-20/h9-13,19H,7-8H2,1-6H3,(H,24,28). The summed E-state index contributed by atoms with van der Waals surface area (Å²) in [6, 6.07) is 7.41. The number of nitrogens with one attached hydrogen (secondary N) is 1. The van der Waals surface area contributed by atoms with Gasteiger partial charge >= 0.3 is 0 Å². The van der Waals surface area contributed by atoms with E-state index in [1.807, 2.05) is 65.8 Å². The average Bonchev–Trinajstić information content (AvgIpc) is 3.12. The normalized spacial score (nSPS) is 12.2. The van der Waals surface area contributed by atoms with E-state index in [0.29, 0.717) is 30.5 Å². The lowest BCUT2D eigenvalue weighted by molar-refractivity contribution is 0.0915. The Morgan fingerprint density at radius 2 is 1.77 bits per heavy atom. The van der Waals surface area contributed by atoms with Crippen molar-refractivity contribution in [2.45, 2.75) is 47.6 Å². The Morgan fingerprint density at radius 1 is 1.07 bits per heavy atom. The van der Waals surface area contributed by atoms with Gasteiger partial charge in [0.25, 0.3) is 11.7 Å². The van der Waals surface area contributed by atoms with Gasteiger partial charge in [0, 0.05) is 11.4 Å². The summed E-state index contributed by atoms with van der Waals surface area (Å²) in [5.74, 6) is 1.66. The van der Waals surface area contributed by atoms with Crippen LogP contribution in [0.3, 0.4) is 0 Å². The van der Waals surface area contributed by atoms with E-state index >= 15 is 0 Å². The number of fused-ring (bicyclic) bond motifs is 1. The van der Waals surface area contributed by atoms with Crippen LogP contribution in [-0.4, -0.2) is 38.7 Å². The Kier molecular flexibility index (Phi) is 6.54. The predicted octanol–water partition coefficient (Wildman–Crippen LogP) is 3.67. The molecule has 0 aliphatic carbocycles. The van der Waals surface area contributed by atoms with Crippen LogP contribution in [0, 0.1) is 19.8 Å². The summed E-state index contributed by atoms with van der Waals surface area (Å²) in [5.41, 5.74) is 2.63. The van der Waals surface area contributed by atoms with E-state index in [9.17, 15) is 4.79 Å². The van der Waals surface area contributed by atoms with E-state index < -0.39 is 0 Å². The van der Waals surface area contributed by atoms with Crippen LogP contribution in [0.2, 0.25) is 0 Å². The summed E-state index contributed by atoms with van der Waals surface area (Å²) in [4.78, 5) is 21.6. The minimum atomic E-state index is -0.344. The van der Waals surface area contributed by atoms with Gasteiger partial charge in [0.2, 0.25) is 5.82 Å². The molecular formula is C22H29N5O3. The number of hydrogen-bond donors (Lipinski definition) is 1. The molecule has 2 aromatic heterocycles. The zero-order chi connectivity index (χ0) is 21.8. The van der Waals surface area contributed by atoms with Crippen LogP contribution in [0.15, 0.2) is 24.3 Å². The van der Waals surface area contributed by atoms with Crippen LogP contribution < -0.4 is 14.8 Å². The molecule has 1 atom stereocenters. The van der Waals surface area contributed by atoms with Crippen molar-refractivity contribution in [3.8, 4) is 11.5 Å². The van der Waals surface area contributed by atoms with Gasteiger partial charge in [0.05, 0.1) is 19.3 Å². The zero-order valence-corrected chi connectivity index (χ0v) is 18.4. The first-order chi connectivity index (χ1) is 14.3. The smallest absolute Gasteiger partial charge is 0.291 e. The van der Waals surface area contributed by atoms with E-state index in [0.717, 1.165) is 17.0 Å². The van der Waals surface area contributed by atoms with Gasteiger partial charge in [0.15, 0.2) is 11.5 Å². The van der Waals surface area contributed by atoms with Crippen LogP contribution in [0.5, 0.6) is 11.5 Å². The number of hydrogen-bond acceptors (Lipinski definition) is 6. The van der Waals surface area contributed by atoms with E-state index in [-0.39, 0.29) is 23.7 Å². The lowest BCUT2D eigenvalue weighted by Crippen LogP contribution is -2.32. The van der Waals surface area contributed by atoms with E-state index in [1.165, 1.54) is 0 Å². The fourth-order valence-electron chi connectivity index (χ4n) is 3.36. The number of aryl methyl sites for hydroxylation is 2. The van der Waals surface area contributed by atoms with Gasteiger partial charge in [0.1, 0.15) is 0 Å². The highest BCUT2D eigenvalue weighted by molar-refractivity contribution is 5.91. The number of ether oxygens (including phenoxy) is 2. The highest BCUT2D eigenvalue weighted by Gasteiger charge is 2.23. The third kappa shape index (κ3) is 4.53. The fourth-order valence-corrected chi connectivity index (χ4v) is 3.36. The Bertz CT molecular complexity index is 1040. The molecule has 0 saturated heterocycles. The molecule has 0 aliphatic rings. The minimum Gasteiger partial charge on any atom is -0.490 e. The molecule has 2 heterocycles. The molecule has 1 aromatic carbocycles. The summed E-state index contributed by atoms with van der Waals surface area (Å²) >= 11 is 0. The van der Waals surface area contributed by atoms with Crippen molar-refractivity contribution in [2.24, 2.45) is 5.92 Å². The second-order valence-corrected chi connectivity index (χ2v) is 7.45. The number of rotatable bonds is 8. The van der Waals surface area contributed by atoms with E-state index in [1.54, 1.807) is 4.52 Å². The maximum absolute atomic E-state index is 12.9. The molecule has 0 spiro atoms. The van der Waals surface area contributed by atoms with Gasteiger partial charge in [-0.05, 0) is 57.4 Å². The molecule has 0 aliphatic heterocycles. The molecule has 0 radical (unpaired) electrons. The quantitative estimate of drug-likeness (QED) is 0.608. The number of amides is 1. The second kappa shape index (κ2) is 9.11. The first kappa shape index (κ1) is 21.5. The molecule has 1 N–H and O–H groups in total. The van der Waals surface area contributed by atoms with E-state index in [2.05, 4.69) is 20.4 Å². The Morgan fingerprint density at radius 3 is 2.43 bits per heavy atom. The molecule has 30 heavy (non-hydrogen) atoms. The lowest BCUT2D eigenvalue weighted by atomic mass is 9.95. The molecule has 1 unspecified atom stereocenters. The number of carbonyl (C=O) groups is 1. The van der Waals surface area contributed by atoms with Crippen molar-refractivity contribution in [2.75, 3.05) is 13.2 Å². The minimum absolute atomic E-state index is 0.0952. The lowest BCUT2D eigenvalue weighted by Gasteiger charge is -2.23. The third-order valence-electron chi connectivity index (χ3n) is 4.70. The van der Waals surface area contributed by atoms with Gasteiger partial charge in [-0.25, -0.2) is 9.50 Å². The van der Waals surface area contributed by atoms with Gasteiger partial charge in [-0.3, -0.25) is 4.79 Å². The summed E-state index contributed by atoms with van der Waals surface area (Å²) in [6.07, 6.45) is 0. The topological polar surface area (TPSA) is 90.6 Å². The molecule has 3 aromatic rings. The maximum Gasteiger partial charge on any atom is 0.291 e. The molecular weight excluding hydrogens is 382 g/mol. The van der Waals surface area contributed by atoms with Gasteiger partial charge < -0.3 is 14.8 Å². The summed E-state index contributed by atoms with van der Waals surface area (Å²) in [7, 11) is 0. The summed E-state index contributed by atoms with van der Waals surface area (Å²) in [5, 5.41) is 7.39. The number of benzene rings is 1. The Hall–Kier alpha value is -3.16.